The van der Waals surface area contributed by atoms with Crippen molar-refractivity contribution in [1.82, 2.24) is 34.7 Å². The van der Waals surface area contributed by atoms with Crippen molar-refractivity contribution in [2.45, 2.75) is 6.54 Å². The quantitative estimate of drug-likeness (QED) is 0.504. The number of benzene rings is 1. The van der Waals surface area contributed by atoms with E-state index in [1.54, 1.807) is 42.1 Å². The number of rotatable bonds is 4. The summed E-state index contributed by atoms with van der Waals surface area (Å²) in [5, 5.41) is 11.8. The fraction of sp³-hybridized carbons (Fsp3) is 0.105. The summed E-state index contributed by atoms with van der Waals surface area (Å²) < 4.78 is 22.1. The highest BCUT2D eigenvalue weighted by Crippen LogP contribution is 2.25. The van der Waals surface area contributed by atoms with Crippen LogP contribution in [-0.2, 0) is 13.6 Å². The number of nitrogens with zero attached hydrogens (tertiary/aromatic N) is 6. The molecule has 0 fully saturated rings. The van der Waals surface area contributed by atoms with E-state index >= 15 is 0 Å². The highest BCUT2D eigenvalue weighted by atomic mass is 19.1. The zero-order chi connectivity index (χ0) is 20.0. The molecule has 0 saturated heterocycles. The molecule has 9 nitrogen and oxygen atoms in total. The van der Waals surface area contributed by atoms with Gasteiger partial charge in [0.25, 0.3) is 5.56 Å². The second-order valence-corrected chi connectivity index (χ2v) is 6.48. The van der Waals surface area contributed by atoms with Gasteiger partial charge < -0.3 is 4.52 Å². The van der Waals surface area contributed by atoms with E-state index in [9.17, 15) is 9.18 Å². The van der Waals surface area contributed by atoms with Gasteiger partial charge >= 0.3 is 0 Å². The van der Waals surface area contributed by atoms with Gasteiger partial charge in [-0.2, -0.15) is 5.10 Å². The fourth-order valence-electron chi connectivity index (χ4n) is 3.12. The molecule has 1 N–H and O–H groups in total. The van der Waals surface area contributed by atoms with Crippen LogP contribution in [0.25, 0.3) is 33.9 Å². The lowest BCUT2D eigenvalue weighted by Gasteiger charge is -2.06. The molecule has 0 aliphatic carbocycles. The van der Waals surface area contributed by atoms with Crippen LogP contribution in [-0.4, -0.2) is 34.7 Å². The first-order chi connectivity index (χ1) is 14.1. The number of aromatic nitrogens is 7. The first-order valence-electron chi connectivity index (χ1n) is 8.74. The highest BCUT2D eigenvalue weighted by Gasteiger charge is 2.18. The molecule has 144 valence electrons. The van der Waals surface area contributed by atoms with Gasteiger partial charge in [0.05, 0.1) is 12.2 Å². The largest absolute Gasteiger partial charge is 0.364 e. The maximum absolute atomic E-state index is 14.2. The van der Waals surface area contributed by atoms with Crippen molar-refractivity contribution >= 4 is 11.0 Å². The predicted octanol–water partition coefficient (Wildman–Crippen LogP) is 2.36. The Hall–Kier alpha value is -4.08. The average Bonchev–Trinajstić information content (AvgIpc) is 3.44. The van der Waals surface area contributed by atoms with Gasteiger partial charge in [0, 0.05) is 24.9 Å². The number of hydrogen-bond donors (Lipinski definition) is 1. The number of aromatic amines is 1. The van der Waals surface area contributed by atoms with Gasteiger partial charge in [0.15, 0.2) is 11.5 Å². The van der Waals surface area contributed by atoms with Gasteiger partial charge in [-0.25, -0.2) is 14.4 Å². The van der Waals surface area contributed by atoms with E-state index in [1.165, 1.54) is 23.2 Å². The van der Waals surface area contributed by atoms with E-state index in [0.29, 0.717) is 39.5 Å². The average molecular weight is 391 g/mol. The maximum atomic E-state index is 14.2. The number of H-pyrrole nitrogens is 1. The monoisotopic (exact) mass is 391 g/mol. The van der Waals surface area contributed by atoms with Gasteiger partial charge in [0.2, 0.25) is 0 Å². The summed E-state index contributed by atoms with van der Waals surface area (Å²) in [5.74, 6) is 0.00608. The molecular formula is C19H14FN7O2. The summed E-state index contributed by atoms with van der Waals surface area (Å²) in [6.45, 7) is 0.194. The molecule has 0 saturated carbocycles. The number of nitrogens with one attached hydrogen (secondary N) is 1. The SMILES string of the molecule is Cn1[nH]c2nc(-c3cc(-c4ccon4)n(Cc4ccccc4F)n3)ncc2c1=O. The van der Waals surface area contributed by atoms with Crippen molar-refractivity contribution in [1.29, 1.82) is 0 Å². The number of aryl methyl sites for hydroxylation is 1. The molecule has 4 heterocycles. The maximum Gasteiger partial charge on any atom is 0.277 e. The Balaban J connectivity index is 1.63. The molecule has 0 radical (unpaired) electrons. The second-order valence-electron chi connectivity index (χ2n) is 6.48. The Morgan fingerprint density at radius 3 is 2.86 bits per heavy atom. The summed E-state index contributed by atoms with van der Waals surface area (Å²) in [6, 6.07) is 9.94. The molecule has 4 aromatic heterocycles. The van der Waals surface area contributed by atoms with Gasteiger partial charge in [-0.05, 0) is 12.1 Å². The topological polar surface area (TPSA) is 107 Å². The third-order valence-electron chi connectivity index (χ3n) is 4.58. The molecule has 0 aliphatic heterocycles. The van der Waals surface area contributed by atoms with Gasteiger partial charge in [-0.3, -0.25) is 19.3 Å². The van der Waals surface area contributed by atoms with Crippen LogP contribution in [0, 0.1) is 5.82 Å². The molecule has 0 unspecified atom stereocenters. The summed E-state index contributed by atoms with van der Waals surface area (Å²) in [6.07, 6.45) is 2.91. The van der Waals surface area contributed by atoms with Crippen molar-refractivity contribution in [2.75, 3.05) is 0 Å². The molecular weight excluding hydrogens is 377 g/mol. The lowest BCUT2D eigenvalue weighted by molar-refractivity contribution is 0.421. The molecule has 0 bridgehead atoms. The van der Waals surface area contributed by atoms with Crippen molar-refractivity contribution in [3.05, 3.63) is 70.6 Å². The minimum atomic E-state index is -0.324. The minimum absolute atomic E-state index is 0.194. The van der Waals surface area contributed by atoms with E-state index in [-0.39, 0.29) is 17.9 Å². The molecule has 0 amide bonds. The van der Waals surface area contributed by atoms with E-state index in [4.69, 9.17) is 4.52 Å². The molecule has 1 aromatic carbocycles. The summed E-state index contributed by atoms with van der Waals surface area (Å²) in [4.78, 5) is 20.7. The lowest BCUT2D eigenvalue weighted by atomic mass is 10.2. The highest BCUT2D eigenvalue weighted by molar-refractivity contribution is 5.75. The number of halogens is 1. The predicted molar refractivity (Wildman–Crippen MR) is 101 cm³/mol. The molecule has 0 atom stereocenters. The zero-order valence-corrected chi connectivity index (χ0v) is 15.2. The Bertz CT molecular complexity index is 1380. The third kappa shape index (κ3) is 2.90. The van der Waals surface area contributed by atoms with Crippen molar-refractivity contribution in [2.24, 2.45) is 7.05 Å². The molecule has 5 aromatic rings. The van der Waals surface area contributed by atoms with E-state index in [1.807, 2.05) is 0 Å². The fourth-order valence-corrected chi connectivity index (χ4v) is 3.12. The van der Waals surface area contributed by atoms with Crippen LogP contribution in [0.4, 0.5) is 4.39 Å². The Labute approximate surface area is 162 Å². The first kappa shape index (κ1) is 17.0. The number of hydrogen-bond acceptors (Lipinski definition) is 6. The van der Waals surface area contributed by atoms with Crippen LogP contribution < -0.4 is 5.56 Å². The van der Waals surface area contributed by atoms with Crippen LogP contribution in [0.5, 0.6) is 0 Å². The Kier molecular flexibility index (Phi) is 3.83. The minimum Gasteiger partial charge on any atom is -0.364 e. The van der Waals surface area contributed by atoms with E-state index < -0.39 is 0 Å². The van der Waals surface area contributed by atoms with Gasteiger partial charge in [-0.15, -0.1) is 0 Å². The Morgan fingerprint density at radius 1 is 1.21 bits per heavy atom. The smallest absolute Gasteiger partial charge is 0.277 e. The van der Waals surface area contributed by atoms with Crippen LogP contribution >= 0.6 is 0 Å². The molecule has 5 rings (SSSR count). The second kappa shape index (κ2) is 6.51. The van der Waals surface area contributed by atoms with Crippen LogP contribution in [0.3, 0.4) is 0 Å². The van der Waals surface area contributed by atoms with Crippen LogP contribution in [0.15, 0.2) is 58.2 Å². The molecule has 29 heavy (non-hydrogen) atoms. The summed E-state index contributed by atoms with van der Waals surface area (Å²) in [5.41, 5.74) is 2.33. The zero-order valence-electron chi connectivity index (χ0n) is 15.2. The first-order valence-corrected chi connectivity index (χ1v) is 8.74. The summed E-state index contributed by atoms with van der Waals surface area (Å²) >= 11 is 0. The van der Waals surface area contributed by atoms with Crippen LogP contribution in [0.2, 0.25) is 0 Å². The van der Waals surface area contributed by atoms with Gasteiger partial charge in [0.1, 0.15) is 28.9 Å². The van der Waals surface area contributed by atoms with Gasteiger partial charge in [-0.1, -0.05) is 23.4 Å². The third-order valence-corrected chi connectivity index (χ3v) is 4.58. The number of fused-ring (bicyclic) bond motifs is 1. The van der Waals surface area contributed by atoms with Crippen molar-refractivity contribution in [3.8, 4) is 22.9 Å². The van der Waals surface area contributed by atoms with Crippen molar-refractivity contribution in [3.63, 3.8) is 0 Å². The standard InChI is InChI=1S/C19H14FN7O2/c1-26-19(28)12-9-21-18(22-17(12)24-26)15-8-16(14-6-7-29-25-14)27(23-15)10-11-4-2-3-5-13(11)20/h2-9H,10H2,1H3,(H,21,22,24). The molecule has 0 aliphatic rings. The molecule has 0 spiro atoms. The van der Waals surface area contributed by atoms with E-state index in [2.05, 4.69) is 25.3 Å². The summed E-state index contributed by atoms with van der Waals surface area (Å²) in [7, 11) is 1.61. The van der Waals surface area contributed by atoms with E-state index in [0.717, 1.165) is 0 Å². The van der Waals surface area contributed by atoms with Crippen LogP contribution in [0.1, 0.15) is 5.56 Å². The Morgan fingerprint density at radius 2 is 2.07 bits per heavy atom. The normalized spacial score (nSPS) is 11.4. The molecule has 10 heteroatoms. The lowest BCUT2D eigenvalue weighted by Crippen LogP contribution is -2.11. The van der Waals surface area contributed by atoms with Crippen molar-refractivity contribution < 1.29 is 8.91 Å².